The Balaban J connectivity index is 1.19. The monoisotopic (exact) mass is 544 g/mol. The maximum absolute atomic E-state index is 13.4. The number of carbonyl (C=O) groups excluding carboxylic acids is 2. The second-order valence-corrected chi connectivity index (χ2v) is 12.4. The summed E-state index contributed by atoms with van der Waals surface area (Å²) in [5, 5.41) is 3.35. The van der Waals surface area contributed by atoms with Gasteiger partial charge >= 0.3 is 5.97 Å². The maximum Gasteiger partial charge on any atom is 0.354 e. The molecule has 10 nitrogen and oxygen atoms in total. The maximum atomic E-state index is 13.4. The lowest BCUT2D eigenvalue weighted by atomic mass is 10.0. The zero-order chi connectivity index (χ0) is 26.9. The number of methoxy groups -OCH3 is 1. The molecule has 3 aliphatic heterocycles. The number of ether oxygens (including phenoxy) is 2. The van der Waals surface area contributed by atoms with Crippen LogP contribution in [0.1, 0.15) is 34.9 Å². The first-order valence-corrected chi connectivity index (χ1v) is 14.6. The number of esters is 1. The molecule has 0 saturated carbocycles. The molecule has 3 fully saturated rings. The van der Waals surface area contributed by atoms with Gasteiger partial charge in [0.1, 0.15) is 5.69 Å². The number of nitrogens with one attached hydrogen (secondary N) is 1. The van der Waals surface area contributed by atoms with Crippen LogP contribution in [0.5, 0.6) is 0 Å². The second-order valence-electron chi connectivity index (χ2n) is 10.5. The molecule has 3 aliphatic rings. The van der Waals surface area contributed by atoms with E-state index in [-0.39, 0.29) is 40.4 Å². The first kappa shape index (κ1) is 26.9. The molecule has 1 aromatic carbocycles. The number of sulfonamides is 1. The molecule has 38 heavy (non-hydrogen) atoms. The predicted molar refractivity (Wildman–Crippen MR) is 140 cm³/mol. The van der Waals surface area contributed by atoms with Gasteiger partial charge < -0.3 is 24.3 Å². The highest BCUT2D eigenvalue weighted by Gasteiger charge is 2.45. The van der Waals surface area contributed by atoms with E-state index in [0.29, 0.717) is 26.3 Å². The third kappa shape index (κ3) is 5.38. The third-order valence-electron chi connectivity index (χ3n) is 8.16. The van der Waals surface area contributed by atoms with E-state index in [1.165, 1.54) is 23.8 Å². The van der Waals surface area contributed by atoms with Crippen LogP contribution in [0.25, 0.3) is 0 Å². The summed E-state index contributed by atoms with van der Waals surface area (Å²) >= 11 is 0. The number of aromatic nitrogens is 1. The minimum Gasteiger partial charge on any atom is -0.464 e. The molecular weight excluding hydrogens is 508 g/mol. The summed E-state index contributed by atoms with van der Waals surface area (Å²) < 4.78 is 39.8. The number of nitrogens with zero attached hydrogens (tertiary/aromatic N) is 3. The van der Waals surface area contributed by atoms with Crippen molar-refractivity contribution in [1.29, 1.82) is 0 Å². The number of carbonyl (C=O) groups is 2. The van der Waals surface area contributed by atoms with Gasteiger partial charge in [0.2, 0.25) is 5.91 Å². The van der Waals surface area contributed by atoms with Crippen molar-refractivity contribution < 1.29 is 27.5 Å². The standard InChI is InChI=1S/C27H36N4O6S/c1-29-24(27(33)36-2)8-9-25(29)38(34,35)31-16-21-14-30(15-22(21)17-31)12-10-23(19-6-4-3-5-7-19)28-26(32)20-11-13-37-18-20/h3-9,20-23H,10-18H2,1-2H3,(H,28,32). The fourth-order valence-electron chi connectivity index (χ4n) is 5.97. The van der Waals surface area contributed by atoms with Gasteiger partial charge in [-0.05, 0) is 42.4 Å². The zero-order valence-electron chi connectivity index (χ0n) is 21.9. The van der Waals surface area contributed by atoms with Crippen LogP contribution in [-0.4, -0.2) is 87.1 Å². The Labute approximate surface area is 223 Å². The van der Waals surface area contributed by atoms with Crippen LogP contribution in [0.2, 0.25) is 0 Å². The molecule has 4 heterocycles. The highest BCUT2D eigenvalue weighted by Crippen LogP contribution is 2.35. The van der Waals surface area contributed by atoms with Crippen LogP contribution < -0.4 is 5.32 Å². The van der Waals surface area contributed by atoms with Crippen LogP contribution in [0.15, 0.2) is 47.5 Å². The summed E-state index contributed by atoms with van der Waals surface area (Å²) in [5.74, 6) is -0.0970. The minimum absolute atomic E-state index is 0.0477. The topological polar surface area (TPSA) is 110 Å². The van der Waals surface area contributed by atoms with Gasteiger partial charge in [0.05, 0.1) is 25.7 Å². The normalized spacial score (nSPS) is 24.8. The summed E-state index contributed by atoms with van der Waals surface area (Å²) in [6.45, 7) is 4.50. The van der Waals surface area contributed by atoms with Gasteiger partial charge in [-0.15, -0.1) is 0 Å². The van der Waals surface area contributed by atoms with E-state index in [9.17, 15) is 18.0 Å². The Morgan fingerprint density at radius 3 is 2.42 bits per heavy atom. The molecule has 4 atom stereocenters. The van der Waals surface area contributed by atoms with Crippen LogP contribution in [-0.2, 0) is 31.3 Å². The Morgan fingerprint density at radius 2 is 1.79 bits per heavy atom. The molecule has 4 unspecified atom stereocenters. The number of rotatable bonds is 9. The van der Waals surface area contributed by atoms with Crippen molar-refractivity contribution in [2.75, 3.05) is 53.0 Å². The molecule has 0 aliphatic carbocycles. The van der Waals surface area contributed by atoms with Crippen LogP contribution >= 0.6 is 0 Å². The highest BCUT2D eigenvalue weighted by molar-refractivity contribution is 7.89. The fourth-order valence-corrected chi connectivity index (χ4v) is 7.69. The summed E-state index contributed by atoms with van der Waals surface area (Å²) in [5.41, 5.74) is 1.29. The molecule has 1 N–H and O–H groups in total. The van der Waals surface area contributed by atoms with Crippen molar-refractivity contribution >= 4 is 21.9 Å². The van der Waals surface area contributed by atoms with Gasteiger partial charge in [-0.2, -0.15) is 4.31 Å². The molecule has 1 aromatic heterocycles. The Kier molecular flexibility index (Phi) is 7.90. The van der Waals surface area contributed by atoms with Gasteiger partial charge in [0.15, 0.2) is 5.03 Å². The SMILES string of the molecule is COC(=O)c1ccc(S(=O)(=O)N2CC3CN(CCC(NC(=O)C4CCOC4)c4ccccc4)CC3C2)n1C. The first-order valence-electron chi connectivity index (χ1n) is 13.2. The van der Waals surface area contributed by atoms with Crippen molar-refractivity contribution in [3.8, 4) is 0 Å². The van der Waals surface area contributed by atoms with E-state index >= 15 is 0 Å². The van der Waals surface area contributed by atoms with E-state index < -0.39 is 16.0 Å². The van der Waals surface area contributed by atoms with Gasteiger partial charge in [0, 0.05) is 46.4 Å². The molecule has 5 rings (SSSR count). The number of benzene rings is 1. The first-order chi connectivity index (χ1) is 18.3. The molecule has 206 valence electrons. The van der Waals surface area contributed by atoms with E-state index in [1.54, 1.807) is 11.4 Å². The van der Waals surface area contributed by atoms with Crippen molar-refractivity contribution in [1.82, 2.24) is 19.1 Å². The third-order valence-corrected chi connectivity index (χ3v) is 10.1. The minimum atomic E-state index is -3.72. The molecule has 0 radical (unpaired) electrons. The fraction of sp³-hybridized carbons (Fsp3) is 0.556. The number of fused-ring (bicyclic) bond motifs is 1. The van der Waals surface area contributed by atoms with Gasteiger partial charge in [0.25, 0.3) is 10.0 Å². The van der Waals surface area contributed by atoms with Gasteiger partial charge in [-0.3, -0.25) is 4.79 Å². The Morgan fingerprint density at radius 1 is 1.08 bits per heavy atom. The lowest BCUT2D eigenvalue weighted by Gasteiger charge is -2.25. The highest BCUT2D eigenvalue weighted by atomic mass is 32.2. The number of hydrogen-bond acceptors (Lipinski definition) is 7. The molecule has 0 bridgehead atoms. The lowest BCUT2D eigenvalue weighted by Crippen LogP contribution is -2.37. The number of likely N-dealkylation sites (tertiary alicyclic amines) is 1. The zero-order valence-corrected chi connectivity index (χ0v) is 22.7. The smallest absolute Gasteiger partial charge is 0.354 e. The summed E-state index contributed by atoms with van der Waals surface area (Å²) in [7, 11) is -0.877. The second kappa shape index (κ2) is 11.2. The number of amides is 1. The van der Waals surface area contributed by atoms with Crippen molar-refractivity contribution in [3.63, 3.8) is 0 Å². The van der Waals surface area contributed by atoms with E-state index in [4.69, 9.17) is 9.47 Å². The molecule has 11 heteroatoms. The summed E-state index contributed by atoms with van der Waals surface area (Å²) in [6.07, 6.45) is 1.54. The summed E-state index contributed by atoms with van der Waals surface area (Å²) in [6, 6.07) is 12.9. The molecular formula is C27H36N4O6S. The van der Waals surface area contributed by atoms with Crippen molar-refractivity contribution in [3.05, 3.63) is 53.7 Å². The van der Waals surface area contributed by atoms with Crippen LogP contribution in [0, 0.1) is 17.8 Å². The Bertz CT molecular complexity index is 1240. The van der Waals surface area contributed by atoms with Crippen molar-refractivity contribution in [2.45, 2.75) is 23.9 Å². The lowest BCUT2D eigenvalue weighted by molar-refractivity contribution is -0.125. The Hall–Kier alpha value is -2.73. The molecule has 1 amide bonds. The molecule has 2 aromatic rings. The molecule has 3 saturated heterocycles. The number of hydrogen-bond donors (Lipinski definition) is 1. The average molecular weight is 545 g/mol. The van der Waals surface area contributed by atoms with Crippen LogP contribution in [0.3, 0.4) is 0 Å². The summed E-state index contributed by atoms with van der Waals surface area (Å²) in [4.78, 5) is 27.1. The van der Waals surface area contributed by atoms with Crippen molar-refractivity contribution in [2.24, 2.45) is 24.8 Å². The average Bonchev–Trinajstić information content (AvgIpc) is 3.70. The largest absolute Gasteiger partial charge is 0.464 e. The van der Waals surface area contributed by atoms with E-state index in [0.717, 1.165) is 38.0 Å². The predicted octanol–water partition coefficient (Wildman–Crippen LogP) is 1.65. The van der Waals surface area contributed by atoms with E-state index in [1.807, 2.05) is 30.3 Å². The quantitative estimate of drug-likeness (QED) is 0.478. The molecule has 0 spiro atoms. The van der Waals surface area contributed by atoms with Gasteiger partial charge in [-0.1, -0.05) is 30.3 Å². The van der Waals surface area contributed by atoms with Gasteiger partial charge in [-0.25, -0.2) is 13.2 Å². The van der Waals surface area contributed by atoms with Crippen LogP contribution in [0.4, 0.5) is 0 Å². The van der Waals surface area contributed by atoms with E-state index in [2.05, 4.69) is 10.2 Å².